The first-order valence-electron chi connectivity index (χ1n) is 10.2. The fourth-order valence-electron chi connectivity index (χ4n) is 3.85. The Labute approximate surface area is 191 Å². The highest BCUT2D eigenvalue weighted by atomic mass is 32.2. The first kappa shape index (κ1) is 22.8. The number of benzene rings is 2. The van der Waals surface area contributed by atoms with Crippen LogP contribution in [0.1, 0.15) is 5.69 Å². The van der Waals surface area contributed by atoms with Gasteiger partial charge in [-0.1, -0.05) is 17.3 Å². The Morgan fingerprint density at radius 2 is 2.00 bits per heavy atom. The second-order valence-corrected chi connectivity index (χ2v) is 9.89. The van der Waals surface area contributed by atoms with Gasteiger partial charge in [0, 0.05) is 48.4 Å². The van der Waals surface area contributed by atoms with Crippen LogP contribution < -0.4 is 5.73 Å². The summed E-state index contributed by atoms with van der Waals surface area (Å²) in [4.78, 5) is 4.29. The maximum atomic E-state index is 14.5. The van der Waals surface area contributed by atoms with Crippen molar-refractivity contribution in [2.75, 3.05) is 20.6 Å². The number of nitrogens with zero attached hydrogens (tertiary/aromatic N) is 4. The Morgan fingerprint density at radius 3 is 2.67 bits per heavy atom. The SMILES string of the molecule is Cc1c(-c2cccc(S(=O)(=O)N(C)C)c2)c2cc(-c3ncon3)ccc2n1C/C(F)=C/CN. The number of hydrogen-bond acceptors (Lipinski definition) is 6. The summed E-state index contributed by atoms with van der Waals surface area (Å²) in [5, 5.41) is 4.72. The summed E-state index contributed by atoms with van der Waals surface area (Å²) < 4.78 is 47.8. The normalized spacial score (nSPS) is 12.7. The van der Waals surface area contributed by atoms with Crippen LogP contribution in [0.3, 0.4) is 0 Å². The van der Waals surface area contributed by atoms with Gasteiger partial charge >= 0.3 is 0 Å². The van der Waals surface area contributed by atoms with Crippen molar-refractivity contribution in [2.45, 2.75) is 18.4 Å². The van der Waals surface area contributed by atoms with E-state index in [1.54, 1.807) is 18.2 Å². The van der Waals surface area contributed by atoms with Crippen LogP contribution in [0.25, 0.3) is 33.4 Å². The van der Waals surface area contributed by atoms with Gasteiger partial charge in [-0.25, -0.2) is 17.1 Å². The van der Waals surface area contributed by atoms with E-state index in [4.69, 9.17) is 10.3 Å². The van der Waals surface area contributed by atoms with E-state index in [1.165, 1.54) is 30.9 Å². The topological polar surface area (TPSA) is 107 Å². The highest BCUT2D eigenvalue weighted by molar-refractivity contribution is 7.89. The Kier molecular flexibility index (Phi) is 6.15. The summed E-state index contributed by atoms with van der Waals surface area (Å²) in [7, 11) is -0.648. The number of sulfonamides is 1. The van der Waals surface area contributed by atoms with Gasteiger partial charge in [-0.2, -0.15) is 4.98 Å². The van der Waals surface area contributed by atoms with E-state index < -0.39 is 10.0 Å². The van der Waals surface area contributed by atoms with Gasteiger partial charge in [0.1, 0.15) is 5.83 Å². The molecule has 2 aromatic carbocycles. The highest BCUT2D eigenvalue weighted by Gasteiger charge is 2.21. The van der Waals surface area contributed by atoms with Crippen molar-refractivity contribution < 1.29 is 17.3 Å². The molecule has 0 aliphatic rings. The molecular formula is C23H24FN5O3S. The molecule has 33 heavy (non-hydrogen) atoms. The molecule has 0 amide bonds. The lowest BCUT2D eigenvalue weighted by molar-refractivity contribution is 0.419. The monoisotopic (exact) mass is 469 g/mol. The number of nitrogens with two attached hydrogens (primary N) is 1. The Balaban J connectivity index is 1.98. The first-order chi connectivity index (χ1) is 15.7. The molecule has 0 saturated heterocycles. The molecule has 0 unspecified atom stereocenters. The largest absolute Gasteiger partial charge is 0.342 e. The molecule has 0 aliphatic heterocycles. The van der Waals surface area contributed by atoms with Crippen LogP contribution in [-0.4, -0.2) is 48.1 Å². The minimum atomic E-state index is -3.63. The number of halogens is 1. The van der Waals surface area contributed by atoms with Crippen LogP contribution in [0.2, 0.25) is 0 Å². The zero-order valence-corrected chi connectivity index (χ0v) is 19.3. The fourth-order valence-corrected chi connectivity index (χ4v) is 4.80. The Morgan fingerprint density at radius 1 is 1.21 bits per heavy atom. The van der Waals surface area contributed by atoms with Gasteiger partial charge in [-0.15, -0.1) is 0 Å². The molecule has 0 atom stereocenters. The molecule has 0 fully saturated rings. The third kappa shape index (κ3) is 4.20. The molecule has 2 N–H and O–H groups in total. The van der Waals surface area contributed by atoms with E-state index in [1.807, 2.05) is 35.8 Å². The maximum Gasteiger partial charge on any atom is 0.242 e. The van der Waals surface area contributed by atoms with E-state index >= 15 is 0 Å². The predicted octanol–water partition coefficient (Wildman–Crippen LogP) is 3.73. The average molecular weight is 470 g/mol. The van der Waals surface area contributed by atoms with Crippen molar-refractivity contribution in [1.82, 2.24) is 19.0 Å². The summed E-state index contributed by atoms with van der Waals surface area (Å²) in [5.74, 6) is 0.0710. The van der Waals surface area contributed by atoms with Gasteiger partial charge in [-0.3, -0.25) is 0 Å². The number of fused-ring (bicyclic) bond motifs is 1. The minimum Gasteiger partial charge on any atom is -0.342 e. The molecule has 4 aromatic rings. The lowest BCUT2D eigenvalue weighted by atomic mass is 10.0. The van der Waals surface area contributed by atoms with Crippen LogP contribution in [0.4, 0.5) is 4.39 Å². The molecule has 4 rings (SSSR count). The van der Waals surface area contributed by atoms with Gasteiger partial charge in [0.05, 0.1) is 11.4 Å². The van der Waals surface area contributed by atoms with E-state index in [0.29, 0.717) is 11.4 Å². The fraction of sp³-hybridized carbons (Fsp3) is 0.217. The molecule has 10 heteroatoms. The molecule has 8 nitrogen and oxygen atoms in total. The molecule has 0 bridgehead atoms. The van der Waals surface area contributed by atoms with Gasteiger partial charge in [0.15, 0.2) is 0 Å². The predicted molar refractivity (Wildman–Crippen MR) is 125 cm³/mol. The third-order valence-electron chi connectivity index (χ3n) is 5.49. The van der Waals surface area contributed by atoms with Crippen molar-refractivity contribution in [3.63, 3.8) is 0 Å². The van der Waals surface area contributed by atoms with Gasteiger partial charge in [-0.05, 0) is 48.9 Å². The van der Waals surface area contributed by atoms with Crippen molar-refractivity contribution in [1.29, 1.82) is 0 Å². The highest BCUT2D eigenvalue weighted by Crippen LogP contribution is 2.38. The second kappa shape index (κ2) is 8.89. The van der Waals surface area contributed by atoms with E-state index in [2.05, 4.69) is 10.1 Å². The number of hydrogen-bond donors (Lipinski definition) is 1. The Bertz CT molecular complexity index is 1440. The van der Waals surface area contributed by atoms with E-state index in [9.17, 15) is 12.8 Å². The first-order valence-corrected chi connectivity index (χ1v) is 11.6. The molecule has 2 heterocycles. The zero-order chi connectivity index (χ0) is 23.8. The lowest BCUT2D eigenvalue weighted by Gasteiger charge is -2.13. The van der Waals surface area contributed by atoms with Gasteiger partial charge < -0.3 is 14.8 Å². The third-order valence-corrected chi connectivity index (χ3v) is 7.30. The summed E-state index contributed by atoms with van der Waals surface area (Å²) in [6, 6.07) is 12.3. The van der Waals surface area contributed by atoms with Crippen molar-refractivity contribution >= 4 is 20.9 Å². The molecule has 2 aromatic heterocycles. The minimum absolute atomic E-state index is 0.0107. The molecule has 0 saturated carbocycles. The lowest BCUT2D eigenvalue weighted by Crippen LogP contribution is -2.22. The summed E-state index contributed by atoms with van der Waals surface area (Å²) in [6.07, 6.45) is 2.59. The smallest absolute Gasteiger partial charge is 0.242 e. The number of aromatic nitrogens is 3. The van der Waals surface area contributed by atoms with E-state index in [-0.39, 0.29) is 23.8 Å². The van der Waals surface area contributed by atoms with Crippen LogP contribution in [0.5, 0.6) is 0 Å². The maximum absolute atomic E-state index is 14.5. The summed E-state index contributed by atoms with van der Waals surface area (Å²) in [6.45, 7) is 1.99. The summed E-state index contributed by atoms with van der Waals surface area (Å²) in [5.41, 5.74) is 9.28. The molecule has 172 valence electrons. The van der Waals surface area contributed by atoms with Crippen LogP contribution >= 0.6 is 0 Å². The Hall–Kier alpha value is -3.34. The van der Waals surface area contributed by atoms with Gasteiger partial charge in [0.2, 0.25) is 22.2 Å². The second-order valence-electron chi connectivity index (χ2n) is 7.74. The van der Waals surface area contributed by atoms with Crippen LogP contribution in [-0.2, 0) is 16.6 Å². The standard InChI is InChI=1S/C23H24FN5O3S/c1-15-22(16-5-4-6-19(11-16)33(30,31)28(2)3)20-12-17(23-26-14-32-27-23)7-8-21(20)29(15)13-18(24)9-10-25/h4-9,11-12,14H,10,13,25H2,1-3H3/b18-9-. The van der Waals surface area contributed by atoms with Crippen molar-refractivity contribution in [2.24, 2.45) is 5.73 Å². The zero-order valence-electron chi connectivity index (χ0n) is 18.5. The van der Waals surface area contributed by atoms with Crippen LogP contribution in [0.15, 0.2) is 70.2 Å². The molecular weight excluding hydrogens is 445 g/mol. The van der Waals surface area contributed by atoms with Gasteiger partial charge in [0.25, 0.3) is 0 Å². The quantitative estimate of drug-likeness (QED) is 0.442. The molecule has 0 aliphatic carbocycles. The van der Waals surface area contributed by atoms with Crippen LogP contribution in [0, 0.1) is 6.92 Å². The summed E-state index contributed by atoms with van der Waals surface area (Å²) >= 11 is 0. The van der Waals surface area contributed by atoms with E-state index in [0.717, 1.165) is 27.7 Å². The number of rotatable bonds is 7. The molecule has 0 spiro atoms. The van der Waals surface area contributed by atoms with Crippen molar-refractivity contribution in [3.8, 4) is 22.5 Å². The number of allylic oxidation sites excluding steroid dienone is 1. The average Bonchev–Trinajstić information content (AvgIpc) is 3.41. The van der Waals surface area contributed by atoms with Crippen molar-refractivity contribution in [3.05, 3.63) is 66.5 Å². The molecule has 0 radical (unpaired) electrons.